The van der Waals surface area contributed by atoms with Crippen molar-refractivity contribution in [3.05, 3.63) is 89.7 Å². The first-order chi connectivity index (χ1) is 13.0. The van der Waals surface area contributed by atoms with Crippen molar-refractivity contribution in [3.8, 4) is 5.75 Å². The lowest BCUT2D eigenvalue weighted by molar-refractivity contribution is 0.414. The molecular weight excluding hydrogens is 360 g/mol. The van der Waals surface area contributed by atoms with Crippen LogP contribution >= 0.6 is 0 Å². The average molecular weight is 382 g/mol. The van der Waals surface area contributed by atoms with Gasteiger partial charge < -0.3 is 4.74 Å². The summed E-state index contributed by atoms with van der Waals surface area (Å²) in [5.41, 5.74) is 2.87. The van der Waals surface area contributed by atoms with Gasteiger partial charge in [-0.1, -0.05) is 29.8 Å². The maximum atomic E-state index is 12.9. The number of sulfonamides is 1. The third-order valence-corrected chi connectivity index (χ3v) is 5.82. The minimum Gasteiger partial charge on any atom is -0.497 e. The highest BCUT2D eigenvalue weighted by Gasteiger charge is 2.22. The van der Waals surface area contributed by atoms with Crippen molar-refractivity contribution in [2.24, 2.45) is 0 Å². The van der Waals surface area contributed by atoms with Gasteiger partial charge in [0.1, 0.15) is 5.75 Å². The number of ether oxygens (including phenoxy) is 1. The Hall–Kier alpha value is -2.70. The summed E-state index contributed by atoms with van der Waals surface area (Å²) in [6.45, 7) is 1.92. The van der Waals surface area contributed by atoms with Crippen molar-refractivity contribution in [1.29, 1.82) is 0 Å². The van der Waals surface area contributed by atoms with Gasteiger partial charge in [-0.3, -0.25) is 4.98 Å². The van der Waals surface area contributed by atoms with Gasteiger partial charge in [-0.15, -0.1) is 0 Å². The molecule has 0 amide bonds. The van der Waals surface area contributed by atoms with Crippen LogP contribution in [0.2, 0.25) is 0 Å². The summed E-state index contributed by atoms with van der Waals surface area (Å²) in [6.07, 6.45) is 3.92. The number of nitrogens with zero attached hydrogens (tertiary/aromatic N) is 1. The third-order valence-electron chi connectivity index (χ3n) is 4.34. The maximum absolute atomic E-state index is 12.9. The van der Waals surface area contributed by atoms with E-state index >= 15 is 0 Å². The molecule has 0 fully saturated rings. The molecule has 1 N–H and O–H groups in total. The smallest absolute Gasteiger partial charge is 0.241 e. The number of rotatable bonds is 7. The summed E-state index contributed by atoms with van der Waals surface area (Å²) in [4.78, 5) is 4.27. The molecule has 6 heteroatoms. The molecule has 0 aliphatic rings. The van der Waals surface area contributed by atoms with E-state index in [2.05, 4.69) is 9.71 Å². The number of methoxy groups -OCH3 is 1. The highest BCUT2D eigenvalue weighted by molar-refractivity contribution is 7.89. The zero-order chi connectivity index (χ0) is 19.3. The lowest BCUT2D eigenvalue weighted by atomic mass is 10.0. The van der Waals surface area contributed by atoms with E-state index in [9.17, 15) is 8.42 Å². The molecule has 1 heterocycles. The van der Waals surface area contributed by atoms with Crippen LogP contribution < -0.4 is 9.46 Å². The van der Waals surface area contributed by atoms with Crippen LogP contribution in [0, 0.1) is 6.92 Å². The predicted molar refractivity (Wildman–Crippen MR) is 105 cm³/mol. The van der Waals surface area contributed by atoms with Gasteiger partial charge in [0.05, 0.1) is 18.0 Å². The highest BCUT2D eigenvalue weighted by atomic mass is 32.2. The van der Waals surface area contributed by atoms with E-state index < -0.39 is 16.1 Å². The molecule has 140 valence electrons. The second kappa shape index (κ2) is 8.33. The monoisotopic (exact) mass is 382 g/mol. The summed E-state index contributed by atoms with van der Waals surface area (Å²) in [5.74, 6) is 0.725. The first kappa shape index (κ1) is 19.1. The fourth-order valence-electron chi connectivity index (χ4n) is 2.79. The Bertz CT molecular complexity index is 970. The van der Waals surface area contributed by atoms with Crippen molar-refractivity contribution in [2.45, 2.75) is 24.3 Å². The molecule has 3 aromatic rings. The Labute approximate surface area is 160 Å². The van der Waals surface area contributed by atoms with Crippen LogP contribution in [-0.2, 0) is 16.4 Å². The number of aromatic nitrogens is 1. The Kier molecular flexibility index (Phi) is 5.88. The van der Waals surface area contributed by atoms with Crippen LogP contribution in [0.15, 0.2) is 78.0 Å². The van der Waals surface area contributed by atoms with Crippen molar-refractivity contribution < 1.29 is 13.2 Å². The zero-order valence-corrected chi connectivity index (χ0v) is 16.1. The van der Waals surface area contributed by atoms with Gasteiger partial charge in [0, 0.05) is 12.4 Å². The van der Waals surface area contributed by atoms with E-state index in [1.807, 2.05) is 43.3 Å². The molecule has 3 rings (SSSR count). The molecule has 2 aromatic carbocycles. The summed E-state index contributed by atoms with van der Waals surface area (Å²) in [5, 5.41) is 0. The quantitative estimate of drug-likeness (QED) is 0.677. The average Bonchev–Trinajstić information content (AvgIpc) is 2.68. The van der Waals surface area contributed by atoms with E-state index in [1.54, 1.807) is 43.8 Å². The second-order valence-corrected chi connectivity index (χ2v) is 8.03. The summed E-state index contributed by atoms with van der Waals surface area (Å²) >= 11 is 0. The molecule has 5 nitrogen and oxygen atoms in total. The number of nitrogens with one attached hydrogen (secondary N) is 1. The first-order valence-electron chi connectivity index (χ1n) is 8.60. The van der Waals surface area contributed by atoms with Crippen LogP contribution in [0.25, 0.3) is 0 Å². The number of pyridine rings is 1. The van der Waals surface area contributed by atoms with E-state index in [1.165, 1.54) is 0 Å². The third kappa shape index (κ3) is 4.93. The molecular formula is C21H22N2O3S. The minimum absolute atomic E-state index is 0.251. The van der Waals surface area contributed by atoms with Crippen molar-refractivity contribution >= 4 is 10.0 Å². The van der Waals surface area contributed by atoms with Crippen LogP contribution in [0.5, 0.6) is 5.75 Å². The predicted octanol–water partition coefficient (Wildman–Crippen LogP) is 3.66. The number of aryl methyl sites for hydroxylation is 1. The molecule has 0 saturated heterocycles. The van der Waals surface area contributed by atoms with Gasteiger partial charge in [0.2, 0.25) is 10.0 Å². The molecule has 0 aliphatic heterocycles. The lowest BCUT2D eigenvalue weighted by Crippen LogP contribution is -2.30. The van der Waals surface area contributed by atoms with E-state index in [0.29, 0.717) is 6.42 Å². The van der Waals surface area contributed by atoms with Crippen molar-refractivity contribution in [1.82, 2.24) is 9.71 Å². The van der Waals surface area contributed by atoms with Crippen LogP contribution in [0.3, 0.4) is 0 Å². The number of benzene rings is 2. The fourth-order valence-corrected chi connectivity index (χ4v) is 4.02. The van der Waals surface area contributed by atoms with E-state index in [-0.39, 0.29) is 4.90 Å². The van der Waals surface area contributed by atoms with E-state index in [0.717, 1.165) is 22.4 Å². The Morgan fingerprint density at radius 1 is 0.963 bits per heavy atom. The van der Waals surface area contributed by atoms with Gasteiger partial charge >= 0.3 is 0 Å². The normalized spacial score (nSPS) is 12.5. The molecule has 0 saturated carbocycles. The molecule has 1 atom stereocenters. The molecule has 1 unspecified atom stereocenters. The van der Waals surface area contributed by atoms with Crippen molar-refractivity contribution in [3.63, 3.8) is 0 Å². The SMILES string of the molecule is COc1ccc(C(Cc2ccncc2)NS(=O)(=O)c2ccc(C)cc2)cc1. The largest absolute Gasteiger partial charge is 0.497 e. The van der Waals surface area contributed by atoms with Crippen LogP contribution in [-0.4, -0.2) is 20.5 Å². The standard InChI is InChI=1S/C21H22N2O3S/c1-16-3-9-20(10-4-16)27(24,25)23-21(15-17-11-13-22-14-12-17)18-5-7-19(26-2)8-6-18/h3-14,21,23H,15H2,1-2H3. The van der Waals surface area contributed by atoms with E-state index in [4.69, 9.17) is 4.74 Å². The molecule has 1 aromatic heterocycles. The van der Waals surface area contributed by atoms with Gasteiger partial charge in [0.15, 0.2) is 0 Å². The van der Waals surface area contributed by atoms with Gasteiger partial charge in [-0.05, 0) is 60.9 Å². The zero-order valence-electron chi connectivity index (χ0n) is 15.3. The Morgan fingerprint density at radius 3 is 2.19 bits per heavy atom. The number of hydrogen-bond acceptors (Lipinski definition) is 4. The van der Waals surface area contributed by atoms with Crippen LogP contribution in [0.1, 0.15) is 22.7 Å². The van der Waals surface area contributed by atoms with Gasteiger partial charge in [-0.25, -0.2) is 13.1 Å². The minimum atomic E-state index is -3.66. The highest BCUT2D eigenvalue weighted by Crippen LogP contribution is 2.24. The molecule has 0 spiro atoms. The maximum Gasteiger partial charge on any atom is 0.241 e. The topological polar surface area (TPSA) is 68.3 Å². The fraction of sp³-hybridized carbons (Fsp3) is 0.190. The Balaban J connectivity index is 1.91. The first-order valence-corrected chi connectivity index (χ1v) is 10.1. The number of hydrogen-bond donors (Lipinski definition) is 1. The molecule has 0 aliphatic carbocycles. The van der Waals surface area contributed by atoms with Crippen molar-refractivity contribution in [2.75, 3.05) is 7.11 Å². The Morgan fingerprint density at radius 2 is 1.59 bits per heavy atom. The van der Waals surface area contributed by atoms with Crippen LogP contribution in [0.4, 0.5) is 0 Å². The second-order valence-electron chi connectivity index (χ2n) is 6.32. The molecule has 0 radical (unpaired) electrons. The molecule has 27 heavy (non-hydrogen) atoms. The van der Waals surface area contributed by atoms with Gasteiger partial charge in [-0.2, -0.15) is 0 Å². The summed E-state index contributed by atoms with van der Waals surface area (Å²) < 4.78 is 33.8. The summed E-state index contributed by atoms with van der Waals surface area (Å²) in [6, 6.07) is 17.6. The summed E-state index contributed by atoms with van der Waals surface area (Å²) in [7, 11) is -2.06. The molecule has 0 bridgehead atoms. The lowest BCUT2D eigenvalue weighted by Gasteiger charge is -2.20. The van der Waals surface area contributed by atoms with Gasteiger partial charge in [0.25, 0.3) is 0 Å².